The third-order valence-corrected chi connectivity index (χ3v) is 7.46. The van der Waals surface area contributed by atoms with Crippen molar-refractivity contribution in [3.05, 3.63) is 29.6 Å². The van der Waals surface area contributed by atoms with E-state index in [4.69, 9.17) is 0 Å². The van der Waals surface area contributed by atoms with E-state index in [1.807, 2.05) is 0 Å². The number of alkyl halides is 4. The van der Waals surface area contributed by atoms with Gasteiger partial charge in [0.15, 0.2) is 11.6 Å². The number of hydrogen-bond acceptors (Lipinski definition) is 1. The number of ether oxygens (including phenoxy) is 1. The molecule has 0 radical (unpaired) electrons. The van der Waals surface area contributed by atoms with E-state index in [0.717, 1.165) is 55.1 Å². The van der Waals surface area contributed by atoms with Crippen LogP contribution in [0.25, 0.3) is 0 Å². The summed E-state index contributed by atoms with van der Waals surface area (Å²) in [5.41, 5.74) is 0.769. The summed E-state index contributed by atoms with van der Waals surface area (Å²) in [5, 5.41) is 0. The van der Waals surface area contributed by atoms with Crippen molar-refractivity contribution in [2.24, 2.45) is 17.8 Å². The molecule has 2 saturated carbocycles. The highest BCUT2D eigenvalue weighted by Gasteiger charge is 2.43. The molecule has 0 N–H and O–H groups in total. The molecule has 3 rings (SSSR count). The summed E-state index contributed by atoms with van der Waals surface area (Å²) in [5.74, 6) is 1.02. The Balaban J connectivity index is 1.46. The van der Waals surface area contributed by atoms with Gasteiger partial charge in [0.25, 0.3) is 0 Å². The number of unbranched alkanes of at least 4 members (excludes halogenated alkanes) is 2. The molecule has 0 aliphatic heterocycles. The van der Waals surface area contributed by atoms with E-state index in [9.17, 15) is 22.0 Å². The molecule has 0 aromatic heterocycles. The van der Waals surface area contributed by atoms with Crippen molar-refractivity contribution < 1.29 is 26.7 Å². The summed E-state index contributed by atoms with van der Waals surface area (Å²) in [4.78, 5) is 0. The predicted molar refractivity (Wildman–Crippen MR) is 112 cm³/mol. The van der Waals surface area contributed by atoms with Gasteiger partial charge in [-0.2, -0.15) is 17.6 Å². The van der Waals surface area contributed by atoms with E-state index in [-0.39, 0.29) is 5.92 Å². The first kappa shape index (κ1) is 24.3. The van der Waals surface area contributed by atoms with Crippen molar-refractivity contribution in [1.29, 1.82) is 0 Å². The van der Waals surface area contributed by atoms with Gasteiger partial charge in [0.1, 0.15) is 0 Å². The van der Waals surface area contributed by atoms with E-state index < -0.39 is 24.1 Å². The van der Waals surface area contributed by atoms with Crippen molar-refractivity contribution in [2.45, 2.75) is 102 Å². The van der Waals surface area contributed by atoms with Crippen LogP contribution in [0.2, 0.25) is 0 Å². The predicted octanol–water partition coefficient (Wildman–Crippen LogP) is 8.72. The van der Waals surface area contributed by atoms with Crippen LogP contribution in [0.3, 0.4) is 0 Å². The molecular formula is C25H35F5O. The molecule has 0 saturated heterocycles. The normalized spacial score (nSPS) is 28.3. The topological polar surface area (TPSA) is 9.23 Å². The first-order chi connectivity index (χ1) is 14.8. The number of rotatable bonds is 8. The Morgan fingerprint density at radius 3 is 2.10 bits per heavy atom. The molecule has 176 valence electrons. The van der Waals surface area contributed by atoms with E-state index in [0.29, 0.717) is 0 Å². The first-order valence-electron chi connectivity index (χ1n) is 11.9. The quantitative estimate of drug-likeness (QED) is 0.287. The second-order valence-electron chi connectivity index (χ2n) is 9.55. The van der Waals surface area contributed by atoms with Gasteiger partial charge < -0.3 is 4.74 Å². The lowest BCUT2D eigenvalue weighted by molar-refractivity contribution is -0.237. The lowest BCUT2D eigenvalue weighted by Crippen LogP contribution is -2.30. The Morgan fingerprint density at radius 2 is 1.55 bits per heavy atom. The van der Waals surface area contributed by atoms with Gasteiger partial charge in [-0.25, -0.2) is 4.39 Å². The highest BCUT2D eigenvalue weighted by Crippen LogP contribution is 2.45. The van der Waals surface area contributed by atoms with Gasteiger partial charge in [0.05, 0.1) is 0 Å². The van der Waals surface area contributed by atoms with E-state index >= 15 is 0 Å². The van der Waals surface area contributed by atoms with Gasteiger partial charge in [-0.15, -0.1) is 0 Å². The maximum Gasteiger partial charge on any atom is 0.457 e. The van der Waals surface area contributed by atoms with Gasteiger partial charge in [0.2, 0.25) is 0 Å². The molecule has 1 unspecified atom stereocenters. The molecule has 0 heterocycles. The molecule has 6 heteroatoms. The molecule has 1 nitrogen and oxygen atoms in total. The minimum atomic E-state index is -5.17. The third kappa shape index (κ3) is 6.82. The molecule has 0 spiro atoms. The Morgan fingerprint density at radius 1 is 0.935 bits per heavy atom. The number of benzene rings is 1. The SMILES string of the molecule is CCCCCC1CCC(C2CCC(c3ccc(OC(F)C(F)(F)F)c(F)c3)CC2)CC1. The van der Waals surface area contributed by atoms with Crippen LogP contribution in [0.4, 0.5) is 22.0 Å². The average Bonchev–Trinajstić information content (AvgIpc) is 2.75. The highest BCUT2D eigenvalue weighted by molar-refractivity contribution is 5.31. The fourth-order valence-corrected chi connectivity index (χ4v) is 5.60. The van der Waals surface area contributed by atoms with E-state index in [1.54, 1.807) is 6.07 Å². The standard InChI is InChI=1S/C25H35F5O/c1-2-3-4-5-17-6-8-18(9-7-17)19-10-12-20(13-11-19)21-14-15-23(22(26)16-21)31-24(27)25(28,29)30/h14-20,24H,2-13H2,1H3. The molecule has 31 heavy (non-hydrogen) atoms. The van der Waals surface area contributed by atoms with Crippen LogP contribution in [0.15, 0.2) is 18.2 Å². The van der Waals surface area contributed by atoms with Crippen molar-refractivity contribution in [1.82, 2.24) is 0 Å². The smallest absolute Gasteiger partial charge is 0.449 e. The van der Waals surface area contributed by atoms with Crippen molar-refractivity contribution in [3.63, 3.8) is 0 Å². The van der Waals surface area contributed by atoms with Crippen molar-refractivity contribution >= 4 is 0 Å². The van der Waals surface area contributed by atoms with Crippen LogP contribution in [0.1, 0.15) is 95.5 Å². The molecule has 1 aromatic carbocycles. The molecular weight excluding hydrogens is 411 g/mol. The van der Waals surface area contributed by atoms with Gasteiger partial charge in [-0.05, 0) is 79.9 Å². The molecule has 0 bridgehead atoms. The van der Waals surface area contributed by atoms with Crippen molar-refractivity contribution in [3.8, 4) is 5.75 Å². The van der Waals surface area contributed by atoms with Gasteiger partial charge >= 0.3 is 12.5 Å². The summed E-state index contributed by atoms with van der Waals surface area (Å²) < 4.78 is 68.3. The monoisotopic (exact) mass is 446 g/mol. The maximum atomic E-state index is 14.2. The summed E-state index contributed by atoms with van der Waals surface area (Å²) >= 11 is 0. The minimum Gasteiger partial charge on any atom is -0.449 e. The Bertz CT molecular complexity index is 673. The van der Waals surface area contributed by atoms with Crippen LogP contribution in [0, 0.1) is 23.6 Å². The van der Waals surface area contributed by atoms with Crippen molar-refractivity contribution in [2.75, 3.05) is 0 Å². The van der Waals surface area contributed by atoms with Gasteiger partial charge in [0, 0.05) is 0 Å². The zero-order valence-electron chi connectivity index (χ0n) is 18.4. The largest absolute Gasteiger partial charge is 0.457 e. The Hall–Kier alpha value is -1.33. The van der Waals surface area contributed by atoms with Crippen LogP contribution in [0.5, 0.6) is 5.75 Å². The second kappa shape index (κ2) is 11.0. The highest BCUT2D eigenvalue weighted by atomic mass is 19.4. The first-order valence-corrected chi connectivity index (χ1v) is 11.9. The Kier molecular flexibility index (Phi) is 8.63. The average molecular weight is 447 g/mol. The summed E-state index contributed by atoms with van der Waals surface area (Å²) in [6, 6.07) is 3.91. The van der Waals surface area contributed by atoms with Gasteiger partial charge in [-0.1, -0.05) is 51.5 Å². The number of hydrogen-bond donors (Lipinski definition) is 0. The molecule has 1 atom stereocenters. The van der Waals surface area contributed by atoms with Crippen LogP contribution in [-0.2, 0) is 0 Å². The van der Waals surface area contributed by atoms with E-state index in [2.05, 4.69) is 11.7 Å². The molecule has 2 aliphatic carbocycles. The lowest BCUT2D eigenvalue weighted by Gasteiger charge is -2.38. The minimum absolute atomic E-state index is 0.203. The fourth-order valence-electron chi connectivity index (χ4n) is 5.60. The zero-order chi connectivity index (χ0) is 22.4. The third-order valence-electron chi connectivity index (χ3n) is 7.46. The molecule has 1 aromatic rings. The van der Waals surface area contributed by atoms with Crippen LogP contribution in [-0.4, -0.2) is 12.5 Å². The second-order valence-corrected chi connectivity index (χ2v) is 9.55. The van der Waals surface area contributed by atoms with Crippen LogP contribution < -0.4 is 4.74 Å². The van der Waals surface area contributed by atoms with Crippen LogP contribution >= 0.6 is 0 Å². The molecule has 2 aliphatic rings. The fraction of sp³-hybridized carbons (Fsp3) is 0.760. The lowest BCUT2D eigenvalue weighted by atomic mass is 9.68. The summed E-state index contributed by atoms with van der Waals surface area (Å²) in [6.07, 6.45) is 6.22. The molecule has 0 amide bonds. The summed E-state index contributed by atoms with van der Waals surface area (Å²) in [7, 11) is 0. The Labute approximate surface area is 182 Å². The zero-order valence-corrected chi connectivity index (χ0v) is 18.4. The molecule has 2 fully saturated rings. The number of halogens is 5. The van der Waals surface area contributed by atoms with Gasteiger partial charge in [-0.3, -0.25) is 0 Å². The maximum absolute atomic E-state index is 14.2. The summed E-state index contributed by atoms with van der Waals surface area (Å²) in [6.45, 7) is 2.25. The van der Waals surface area contributed by atoms with E-state index in [1.165, 1.54) is 57.4 Å².